The summed E-state index contributed by atoms with van der Waals surface area (Å²) in [5, 5.41) is 2.71. The van der Waals surface area contributed by atoms with E-state index < -0.39 is 10.0 Å². The van der Waals surface area contributed by atoms with Crippen molar-refractivity contribution in [2.24, 2.45) is 0 Å². The Morgan fingerprint density at radius 1 is 1.00 bits per heavy atom. The second-order valence-corrected chi connectivity index (χ2v) is 8.15. The minimum Gasteiger partial charge on any atom is -0.481 e. The molecule has 3 rings (SSSR count). The number of aryl methyl sites for hydroxylation is 2. The largest absolute Gasteiger partial charge is 0.481 e. The number of methoxy groups -OCH3 is 1. The van der Waals surface area contributed by atoms with Gasteiger partial charge in [-0.1, -0.05) is 18.2 Å². The molecule has 2 N–H and O–H groups in total. The van der Waals surface area contributed by atoms with E-state index in [4.69, 9.17) is 4.74 Å². The zero-order valence-corrected chi connectivity index (χ0v) is 17.1. The number of ether oxygens (including phenoxy) is 1. The van der Waals surface area contributed by atoms with Crippen LogP contribution in [0.4, 0.5) is 11.4 Å². The van der Waals surface area contributed by atoms with Gasteiger partial charge in [-0.25, -0.2) is 13.4 Å². The lowest BCUT2D eigenvalue weighted by atomic mass is 10.2. The molecule has 1 amide bonds. The highest BCUT2D eigenvalue weighted by Gasteiger charge is 2.18. The average molecular weight is 411 g/mol. The number of nitrogens with one attached hydrogen (secondary N) is 2. The lowest BCUT2D eigenvalue weighted by Gasteiger charge is -2.12. The zero-order chi connectivity index (χ0) is 21.0. The molecule has 0 saturated carbocycles. The van der Waals surface area contributed by atoms with Crippen molar-refractivity contribution in [2.45, 2.75) is 18.7 Å². The molecule has 29 heavy (non-hydrogen) atoms. The van der Waals surface area contributed by atoms with E-state index in [1.807, 2.05) is 13.0 Å². The maximum atomic E-state index is 12.8. The number of sulfonamides is 1. The number of nitrogens with zero attached hydrogens (tertiary/aromatic N) is 1. The number of hydrogen-bond acceptors (Lipinski definition) is 5. The van der Waals surface area contributed by atoms with Gasteiger partial charge < -0.3 is 10.1 Å². The number of carbonyl (C=O) groups excluding carboxylic acids is 1. The lowest BCUT2D eigenvalue weighted by molar-refractivity contribution is 0.102. The summed E-state index contributed by atoms with van der Waals surface area (Å²) in [4.78, 5) is 16.7. The third-order valence-corrected chi connectivity index (χ3v) is 5.74. The Balaban J connectivity index is 1.79. The van der Waals surface area contributed by atoms with Crippen LogP contribution < -0.4 is 14.8 Å². The van der Waals surface area contributed by atoms with Crippen molar-refractivity contribution < 1.29 is 17.9 Å². The van der Waals surface area contributed by atoms with Gasteiger partial charge in [0.1, 0.15) is 0 Å². The van der Waals surface area contributed by atoms with Crippen LogP contribution in [0.15, 0.2) is 65.7 Å². The molecule has 2 aromatic carbocycles. The van der Waals surface area contributed by atoms with Gasteiger partial charge in [-0.2, -0.15) is 0 Å². The predicted octanol–water partition coefficient (Wildman–Crippen LogP) is 3.76. The van der Waals surface area contributed by atoms with Crippen LogP contribution in [-0.4, -0.2) is 26.4 Å². The van der Waals surface area contributed by atoms with Crippen molar-refractivity contribution in [3.63, 3.8) is 0 Å². The molecule has 0 spiro atoms. The maximum absolute atomic E-state index is 12.8. The number of amides is 1. The van der Waals surface area contributed by atoms with Crippen molar-refractivity contribution in [2.75, 3.05) is 17.1 Å². The Hall–Kier alpha value is -3.39. The molecule has 0 aliphatic carbocycles. The molecule has 0 saturated heterocycles. The van der Waals surface area contributed by atoms with E-state index in [2.05, 4.69) is 15.0 Å². The van der Waals surface area contributed by atoms with Crippen LogP contribution in [0.5, 0.6) is 5.88 Å². The molecular formula is C21H21N3O4S. The molecular weight excluding hydrogens is 390 g/mol. The number of aromatic nitrogens is 1. The quantitative estimate of drug-likeness (QED) is 0.644. The Bertz CT molecular complexity index is 1140. The highest BCUT2D eigenvalue weighted by molar-refractivity contribution is 7.92. The van der Waals surface area contributed by atoms with Crippen LogP contribution in [0.25, 0.3) is 0 Å². The van der Waals surface area contributed by atoms with Crippen LogP contribution in [0, 0.1) is 13.8 Å². The summed E-state index contributed by atoms with van der Waals surface area (Å²) >= 11 is 0. The van der Waals surface area contributed by atoms with Crippen molar-refractivity contribution in [1.82, 2.24) is 4.98 Å². The predicted molar refractivity (Wildman–Crippen MR) is 112 cm³/mol. The number of anilines is 2. The maximum Gasteiger partial charge on any atom is 0.262 e. The van der Waals surface area contributed by atoms with Crippen LogP contribution in [0.2, 0.25) is 0 Å². The molecule has 7 nitrogen and oxygen atoms in total. The fraction of sp³-hybridized carbons (Fsp3) is 0.143. The fourth-order valence-electron chi connectivity index (χ4n) is 2.71. The molecule has 1 heterocycles. The molecule has 3 aromatic rings. The van der Waals surface area contributed by atoms with E-state index in [9.17, 15) is 13.2 Å². The van der Waals surface area contributed by atoms with Crippen LogP contribution in [-0.2, 0) is 10.0 Å². The molecule has 0 radical (unpaired) electrons. The van der Waals surface area contributed by atoms with Crippen LogP contribution in [0.3, 0.4) is 0 Å². The smallest absolute Gasteiger partial charge is 0.262 e. The Morgan fingerprint density at radius 2 is 1.79 bits per heavy atom. The lowest BCUT2D eigenvalue weighted by Crippen LogP contribution is -2.16. The molecule has 1 aromatic heterocycles. The first-order chi connectivity index (χ1) is 13.8. The van der Waals surface area contributed by atoms with E-state index in [1.165, 1.54) is 19.4 Å². The monoisotopic (exact) mass is 411 g/mol. The number of carbonyl (C=O) groups is 1. The van der Waals surface area contributed by atoms with Crippen molar-refractivity contribution in [1.29, 1.82) is 0 Å². The third kappa shape index (κ3) is 4.91. The molecule has 0 bridgehead atoms. The number of rotatable bonds is 6. The first-order valence-electron chi connectivity index (χ1n) is 8.80. The summed E-state index contributed by atoms with van der Waals surface area (Å²) in [5.74, 6) is 0.0515. The van der Waals surface area contributed by atoms with E-state index in [0.717, 1.165) is 5.56 Å². The van der Waals surface area contributed by atoms with Gasteiger partial charge in [-0.05, 0) is 55.3 Å². The zero-order valence-electron chi connectivity index (χ0n) is 16.3. The average Bonchev–Trinajstić information content (AvgIpc) is 2.70. The first kappa shape index (κ1) is 20.3. The van der Waals surface area contributed by atoms with Gasteiger partial charge in [0, 0.05) is 17.3 Å². The van der Waals surface area contributed by atoms with Gasteiger partial charge >= 0.3 is 0 Å². The molecule has 0 aliphatic heterocycles. The van der Waals surface area contributed by atoms with Crippen molar-refractivity contribution in [3.8, 4) is 5.88 Å². The third-order valence-electron chi connectivity index (χ3n) is 4.21. The van der Waals surface area contributed by atoms with Crippen molar-refractivity contribution >= 4 is 27.3 Å². The molecule has 150 valence electrons. The van der Waals surface area contributed by atoms with Gasteiger partial charge in [0.15, 0.2) is 0 Å². The van der Waals surface area contributed by atoms with Gasteiger partial charge in [-0.15, -0.1) is 0 Å². The first-order valence-corrected chi connectivity index (χ1v) is 10.3. The van der Waals surface area contributed by atoms with Gasteiger partial charge in [0.25, 0.3) is 15.9 Å². The van der Waals surface area contributed by atoms with E-state index in [0.29, 0.717) is 28.4 Å². The summed E-state index contributed by atoms with van der Waals surface area (Å²) in [6, 6.07) is 14.8. The minimum atomic E-state index is -3.78. The molecule has 8 heteroatoms. The van der Waals surface area contributed by atoms with Gasteiger partial charge in [0.05, 0.1) is 23.9 Å². The highest BCUT2D eigenvalue weighted by Crippen LogP contribution is 2.22. The van der Waals surface area contributed by atoms with E-state index in [1.54, 1.807) is 49.4 Å². The Labute approximate surface area is 169 Å². The summed E-state index contributed by atoms with van der Waals surface area (Å²) in [5.41, 5.74) is 2.59. The van der Waals surface area contributed by atoms with Crippen molar-refractivity contribution in [3.05, 3.63) is 77.5 Å². The Kier molecular flexibility index (Phi) is 5.84. The summed E-state index contributed by atoms with van der Waals surface area (Å²) in [6.45, 7) is 3.57. The second-order valence-electron chi connectivity index (χ2n) is 6.50. The molecule has 0 atom stereocenters. The van der Waals surface area contributed by atoms with E-state index >= 15 is 0 Å². The molecule has 0 unspecified atom stereocenters. The number of hydrogen-bond donors (Lipinski definition) is 2. The van der Waals surface area contributed by atoms with Crippen LogP contribution >= 0.6 is 0 Å². The molecule has 0 fully saturated rings. The summed E-state index contributed by atoms with van der Waals surface area (Å²) < 4.78 is 33.1. The van der Waals surface area contributed by atoms with Gasteiger partial charge in [0.2, 0.25) is 5.88 Å². The fourth-order valence-corrected chi connectivity index (χ4v) is 4.09. The SMILES string of the molecule is COc1ccc(NC(=O)c2cccc(NS(=O)(=O)c3cc(C)ccc3C)c2)cn1. The second kappa shape index (κ2) is 8.32. The topological polar surface area (TPSA) is 97.4 Å². The van der Waals surface area contributed by atoms with Gasteiger partial charge in [-0.3, -0.25) is 9.52 Å². The minimum absolute atomic E-state index is 0.205. The Morgan fingerprint density at radius 3 is 2.48 bits per heavy atom. The van der Waals surface area contributed by atoms with Crippen LogP contribution in [0.1, 0.15) is 21.5 Å². The standard InChI is InChI=1S/C21H21N3O4S/c1-14-7-8-15(2)19(11-14)29(26,27)24-17-6-4-5-16(12-17)21(25)23-18-9-10-20(28-3)22-13-18/h4-13,24H,1-3H3,(H,23,25). The summed E-state index contributed by atoms with van der Waals surface area (Å²) in [6.07, 6.45) is 1.48. The van der Waals surface area contributed by atoms with E-state index in [-0.39, 0.29) is 10.8 Å². The number of benzene rings is 2. The molecule has 0 aliphatic rings. The highest BCUT2D eigenvalue weighted by atomic mass is 32.2. The normalized spacial score (nSPS) is 11.0. The summed E-state index contributed by atoms with van der Waals surface area (Å²) in [7, 11) is -2.28. The number of pyridine rings is 1.